The van der Waals surface area contributed by atoms with Crippen molar-refractivity contribution in [2.24, 2.45) is 0 Å². The van der Waals surface area contributed by atoms with Gasteiger partial charge >= 0.3 is 6.03 Å². The molecule has 7 rings (SSSR count). The number of nitrogens with one attached hydrogen (secondary N) is 1. The number of aromatic nitrogens is 4. The summed E-state index contributed by atoms with van der Waals surface area (Å²) in [6, 6.07) is 12.4. The molecule has 0 aliphatic carbocycles. The van der Waals surface area contributed by atoms with Crippen LogP contribution in [0, 0.1) is 0 Å². The predicted molar refractivity (Wildman–Crippen MR) is 175 cm³/mol. The number of rotatable bonds is 5. The molecule has 1 aromatic carbocycles. The molecule has 13 nitrogen and oxygen atoms in total. The number of hydrogen-bond acceptors (Lipinski definition) is 8. The molecule has 46 heavy (non-hydrogen) atoms. The van der Waals surface area contributed by atoms with Gasteiger partial charge in [0.1, 0.15) is 24.3 Å². The van der Waals surface area contributed by atoms with E-state index in [1.807, 2.05) is 32.7 Å². The van der Waals surface area contributed by atoms with Crippen molar-refractivity contribution in [3.05, 3.63) is 66.9 Å². The Morgan fingerprint density at radius 1 is 1.00 bits per heavy atom. The second kappa shape index (κ2) is 13.9. The fourth-order valence-electron chi connectivity index (χ4n) is 6.68. The zero-order valence-electron chi connectivity index (χ0n) is 26.0. The van der Waals surface area contributed by atoms with Crippen LogP contribution in [0.5, 0.6) is 0 Å². The number of piperidine rings is 1. The van der Waals surface area contributed by atoms with Gasteiger partial charge in [-0.05, 0) is 44.0 Å². The smallest absolute Gasteiger partial charge is 0.323 e. The van der Waals surface area contributed by atoms with Crippen molar-refractivity contribution < 1.29 is 19.5 Å². The van der Waals surface area contributed by atoms with Crippen LogP contribution in [0.25, 0.3) is 22.2 Å². The second-order valence-electron chi connectivity index (χ2n) is 11.8. The molecule has 2 N–H and O–H groups in total. The summed E-state index contributed by atoms with van der Waals surface area (Å²) in [6.45, 7) is 5.84. The van der Waals surface area contributed by atoms with Gasteiger partial charge in [-0.3, -0.25) is 14.9 Å². The third kappa shape index (κ3) is 6.50. The molecule has 0 spiro atoms. The summed E-state index contributed by atoms with van der Waals surface area (Å²) in [5, 5.41) is 10.8. The molecule has 13 heteroatoms. The van der Waals surface area contributed by atoms with Gasteiger partial charge in [-0.25, -0.2) is 19.7 Å². The molecular weight excluding hydrogens is 586 g/mol. The van der Waals surface area contributed by atoms with Crippen molar-refractivity contribution >= 4 is 40.9 Å². The SMILES string of the molecule is CN1CCN(c2ccccc2-c2cn(CC(=O)N3CCC(N4CCc5cccnc5NC4=O)CC3)c3ncncc23)CC1.O=CO. The third-order valence-corrected chi connectivity index (χ3v) is 9.14. The molecule has 4 aromatic rings. The monoisotopic (exact) mass is 625 g/mol. The summed E-state index contributed by atoms with van der Waals surface area (Å²) in [7, 11) is 2.16. The lowest BCUT2D eigenvalue weighted by atomic mass is 10.0. The summed E-state index contributed by atoms with van der Waals surface area (Å²) in [5.74, 6) is 0.709. The van der Waals surface area contributed by atoms with E-state index in [0.717, 1.165) is 73.2 Å². The van der Waals surface area contributed by atoms with E-state index in [1.54, 1.807) is 12.5 Å². The fraction of sp³-hybridized carbons (Fsp3) is 0.394. The van der Waals surface area contributed by atoms with E-state index in [0.29, 0.717) is 25.5 Å². The number of carboxylic acid groups (broad SMARTS) is 1. The Morgan fingerprint density at radius 3 is 2.54 bits per heavy atom. The number of carbonyl (C=O) groups is 3. The minimum Gasteiger partial charge on any atom is -0.483 e. The van der Waals surface area contributed by atoms with Crippen molar-refractivity contribution in [2.75, 3.05) is 63.1 Å². The van der Waals surface area contributed by atoms with E-state index in [9.17, 15) is 9.59 Å². The van der Waals surface area contributed by atoms with Gasteiger partial charge in [0.05, 0.1) is 0 Å². The number of anilines is 2. The standard InChI is InChI=1S/C32H37N9O2.CH2O2/c1-37-15-17-38(18-16-37)28-7-3-2-6-25(28)27-20-40(31-26(27)19-33-22-35-31)21-29(42)39-12-9-24(10-13-39)41-14-8-23-5-4-11-34-30(23)36-32(41)43;2-1-3/h2-7,11,19-20,22,24H,8-10,12-18,21H2,1H3,(H,34,36,43);1H,(H,2,3). The first-order valence-electron chi connectivity index (χ1n) is 15.7. The van der Waals surface area contributed by atoms with Crippen LogP contribution >= 0.6 is 0 Å². The number of hydrogen-bond donors (Lipinski definition) is 2. The first-order chi connectivity index (χ1) is 22.5. The lowest BCUT2D eigenvalue weighted by Gasteiger charge is -2.38. The maximum Gasteiger partial charge on any atom is 0.323 e. The number of benzene rings is 1. The highest BCUT2D eigenvalue weighted by molar-refractivity contribution is 5.98. The van der Waals surface area contributed by atoms with Gasteiger partial charge in [-0.1, -0.05) is 24.3 Å². The lowest BCUT2D eigenvalue weighted by molar-refractivity contribution is -0.133. The molecule has 0 atom stereocenters. The van der Waals surface area contributed by atoms with E-state index >= 15 is 0 Å². The number of carbonyl (C=O) groups excluding carboxylic acids is 2. The number of pyridine rings is 1. The Labute approximate surface area is 267 Å². The number of likely N-dealkylation sites (N-methyl/N-ethyl adjacent to an activating group) is 1. The zero-order chi connectivity index (χ0) is 32.0. The molecule has 3 aliphatic heterocycles. The van der Waals surface area contributed by atoms with Gasteiger partial charge < -0.3 is 29.3 Å². The highest BCUT2D eigenvalue weighted by Crippen LogP contribution is 2.36. The predicted octanol–water partition coefficient (Wildman–Crippen LogP) is 3.03. The first-order valence-corrected chi connectivity index (χ1v) is 15.7. The van der Waals surface area contributed by atoms with Gasteiger partial charge in [0.25, 0.3) is 6.47 Å². The van der Waals surface area contributed by atoms with E-state index < -0.39 is 0 Å². The van der Waals surface area contributed by atoms with Crippen molar-refractivity contribution in [3.63, 3.8) is 0 Å². The van der Waals surface area contributed by atoms with Gasteiger partial charge in [0.2, 0.25) is 5.91 Å². The molecule has 0 bridgehead atoms. The molecule has 240 valence electrons. The van der Waals surface area contributed by atoms with Crippen LogP contribution in [0.1, 0.15) is 18.4 Å². The van der Waals surface area contributed by atoms with E-state index in [2.05, 4.69) is 67.6 Å². The third-order valence-electron chi connectivity index (χ3n) is 9.14. The van der Waals surface area contributed by atoms with E-state index in [-0.39, 0.29) is 31.0 Å². The van der Waals surface area contributed by atoms with Crippen LogP contribution < -0.4 is 10.2 Å². The van der Waals surface area contributed by atoms with Crippen LogP contribution in [0.3, 0.4) is 0 Å². The normalized spacial score (nSPS) is 17.5. The van der Waals surface area contributed by atoms with Crippen molar-refractivity contribution in [2.45, 2.75) is 31.8 Å². The summed E-state index contributed by atoms with van der Waals surface area (Å²) in [5.41, 5.74) is 5.18. The number of likely N-dealkylation sites (tertiary alicyclic amines) is 1. The van der Waals surface area contributed by atoms with Gasteiger partial charge in [-0.2, -0.15) is 0 Å². The molecule has 0 unspecified atom stereocenters. The Kier molecular flexibility index (Phi) is 9.38. The minimum atomic E-state index is -0.250. The maximum absolute atomic E-state index is 13.6. The Morgan fingerprint density at radius 2 is 1.76 bits per heavy atom. The summed E-state index contributed by atoms with van der Waals surface area (Å²) >= 11 is 0. The number of para-hydroxylation sites is 1. The Bertz CT molecular complexity index is 1690. The zero-order valence-corrected chi connectivity index (χ0v) is 26.0. The van der Waals surface area contributed by atoms with Gasteiger partial charge in [-0.15, -0.1) is 0 Å². The van der Waals surface area contributed by atoms with Gasteiger partial charge in [0.15, 0.2) is 0 Å². The molecule has 3 aromatic heterocycles. The largest absolute Gasteiger partial charge is 0.483 e. The molecular formula is C33H39N9O4. The summed E-state index contributed by atoms with van der Waals surface area (Å²) < 4.78 is 1.97. The van der Waals surface area contributed by atoms with Crippen molar-refractivity contribution in [1.82, 2.24) is 34.2 Å². The van der Waals surface area contributed by atoms with Crippen LogP contribution in [-0.2, 0) is 22.6 Å². The number of piperazine rings is 1. The van der Waals surface area contributed by atoms with Gasteiger partial charge in [0, 0.05) is 92.6 Å². The molecule has 6 heterocycles. The quantitative estimate of drug-likeness (QED) is 0.320. The van der Waals surface area contributed by atoms with Crippen LogP contribution in [0.4, 0.5) is 16.3 Å². The summed E-state index contributed by atoms with van der Waals surface area (Å²) in [4.78, 5) is 56.8. The van der Waals surface area contributed by atoms with Crippen LogP contribution in [0.2, 0.25) is 0 Å². The van der Waals surface area contributed by atoms with Crippen LogP contribution in [0.15, 0.2) is 61.3 Å². The van der Waals surface area contributed by atoms with E-state index in [1.165, 1.54) is 5.69 Å². The first kappa shape index (κ1) is 31.0. The molecule has 0 radical (unpaired) electrons. The van der Waals surface area contributed by atoms with Crippen LogP contribution in [-0.4, -0.2) is 117 Å². The fourth-order valence-corrected chi connectivity index (χ4v) is 6.68. The van der Waals surface area contributed by atoms with Crippen molar-refractivity contribution in [3.8, 4) is 11.1 Å². The topological polar surface area (TPSA) is 140 Å². The minimum absolute atomic E-state index is 0.0600. The Hall–Kier alpha value is -5.04. The van der Waals surface area contributed by atoms with Crippen molar-refractivity contribution in [1.29, 1.82) is 0 Å². The Balaban J connectivity index is 0.00000119. The number of nitrogens with zero attached hydrogens (tertiary/aromatic N) is 8. The molecule has 2 fully saturated rings. The number of amides is 3. The number of urea groups is 1. The molecule has 2 saturated heterocycles. The highest BCUT2D eigenvalue weighted by Gasteiger charge is 2.32. The molecule has 3 amide bonds. The highest BCUT2D eigenvalue weighted by atomic mass is 16.3. The average molecular weight is 626 g/mol. The lowest BCUT2D eigenvalue weighted by Crippen LogP contribution is -2.50. The average Bonchev–Trinajstić information content (AvgIpc) is 3.34. The maximum atomic E-state index is 13.6. The van der Waals surface area contributed by atoms with E-state index in [4.69, 9.17) is 9.90 Å². The second-order valence-corrected chi connectivity index (χ2v) is 11.8. The summed E-state index contributed by atoms with van der Waals surface area (Å²) in [6.07, 6.45) is 9.43. The molecule has 3 aliphatic rings. The molecule has 0 saturated carbocycles. The number of fused-ring (bicyclic) bond motifs is 2.